The van der Waals surface area contributed by atoms with Gasteiger partial charge < -0.3 is 29.6 Å². The van der Waals surface area contributed by atoms with Crippen LogP contribution >= 0.6 is 0 Å². The number of sulfonamides is 1. The van der Waals surface area contributed by atoms with Crippen molar-refractivity contribution in [3.05, 3.63) is 137 Å². The van der Waals surface area contributed by atoms with Crippen molar-refractivity contribution in [2.75, 3.05) is 56.7 Å². The van der Waals surface area contributed by atoms with E-state index in [1.54, 1.807) is 24.4 Å². The highest BCUT2D eigenvalue weighted by atomic mass is 32.2. The molecule has 0 spiro atoms. The third kappa shape index (κ3) is 8.51. The summed E-state index contributed by atoms with van der Waals surface area (Å²) in [5, 5.41) is 15.9. The van der Waals surface area contributed by atoms with Gasteiger partial charge in [-0.1, -0.05) is 48.5 Å². The summed E-state index contributed by atoms with van der Waals surface area (Å²) in [6, 6.07) is 30.9. The molecular weight excluding hydrogens is 759 g/mol. The molecule has 2 saturated heterocycles. The molecule has 2 aliphatic heterocycles. The molecule has 3 N–H and O–H groups in total. The van der Waals surface area contributed by atoms with E-state index in [0.717, 1.165) is 60.7 Å². The number of amides is 1. The molecule has 2 aliphatic rings. The first kappa shape index (κ1) is 38.6. The summed E-state index contributed by atoms with van der Waals surface area (Å²) >= 11 is 0. The van der Waals surface area contributed by atoms with Gasteiger partial charge in [-0.05, 0) is 91.0 Å². The first-order chi connectivity index (χ1) is 28.1. The Balaban J connectivity index is 1.06. The van der Waals surface area contributed by atoms with Crippen LogP contribution in [0.15, 0.2) is 120 Å². The summed E-state index contributed by atoms with van der Waals surface area (Å²) in [6.07, 6.45) is 4.90. The Labute approximate surface area is 336 Å². The number of likely N-dealkylation sites (N-methyl/N-ethyl adjacent to an activating group) is 1. The fraction of sp³-hybridized carbons (Fsp3) is 0.256. The van der Waals surface area contributed by atoms with Gasteiger partial charge in [0.1, 0.15) is 22.8 Å². The number of aromatic nitrogens is 2. The molecule has 1 amide bonds. The Morgan fingerprint density at radius 3 is 2.52 bits per heavy atom. The molecule has 0 radical (unpaired) electrons. The number of carbonyl (C=O) groups is 1. The zero-order valence-electron chi connectivity index (χ0n) is 31.8. The van der Waals surface area contributed by atoms with E-state index in [0.29, 0.717) is 31.2 Å². The van der Waals surface area contributed by atoms with Crippen molar-refractivity contribution in [3.8, 4) is 22.6 Å². The Hall–Kier alpha value is -6.29. The van der Waals surface area contributed by atoms with Crippen LogP contribution in [-0.4, -0.2) is 80.6 Å². The molecule has 0 aliphatic carbocycles. The van der Waals surface area contributed by atoms with Crippen LogP contribution < -0.4 is 19.7 Å². The van der Waals surface area contributed by atoms with Crippen LogP contribution in [0.1, 0.15) is 34.8 Å². The standard InChI is InChI=1S/C43H43N7O7S/c1-48-19-20-49(40(28-48)31-5-3-2-4-6-31)34-10-7-30(8-11-34)32-9-13-37(41(24-32)57-35-23-33-15-18-44-42(33)46-27-35)43(51)47-58(54,55)36-12-14-38(39(25-36)50(52)53)45-26-29-16-21-56-22-17-29/h2-15,18,23-25,27,29,40,45H,16-17,19-22,26,28H2,1H3,(H,44,46)(H,47,51). The summed E-state index contributed by atoms with van der Waals surface area (Å²) in [5.41, 5.74) is 4.27. The highest BCUT2D eigenvalue weighted by Crippen LogP contribution is 2.36. The van der Waals surface area contributed by atoms with Gasteiger partial charge >= 0.3 is 0 Å². The zero-order chi connectivity index (χ0) is 40.2. The molecule has 2 fully saturated rings. The maximum Gasteiger partial charge on any atom is 0.293 e. The summed E-state index contributed by atoms with van der Waals surface area (Å²) in [4.78, 5) is 37.0. The van der Waals surface area contributed by atoms with Gasteiger partial charge in [0.05, 0.1) is 27.6 Å². The van der Waals surface area contributed by atoms with Gasteiger partial charge in [0, 0.05) is 62.7 Å². The van der Waals surface area contributed by atoms with Crippen molar-refractivity contribution in [2.45, 2.75) is 23.8 Å². The third-order valence-electron chi connectivity index (χ3n) is 10.8. The van der Waals surface area contributed by atoms with E-state index in [1.165, 1.54) is 30.0 Å². The zero-order valence-corrected chi connectivity index (χ0v) is 32.7. The second kappa shape index (κ2) is 16.7. The quantitative estimate of drug-likeness (QED) is 0.0833. The molecule has 8 rings (SSSR count). The maximum absolute atomic E-state index is 13.9. The number of rotatable bonds is 12. The lowest BCUT2D eigenvalue weighted by molar-refractivity contribution is -0.384. The summed E-state index contributed by atoms with van der Waals surface area (Å²) in [5.74, 6) is -0.279. The smallest absolute Gasteiger partial charge is 0.293 e. The SMILES string of the molecule is CN1CCN(c2ccc(-c3ccc(C(=O)NS(=O)(=O)c4ccc(NCC5CCOCC5)c([N+](=O)[O-])c4)c(Oc4cnc5[nH]ccc5c4)c3)cc2)C(c2ccccc2)C1. The minimum Gasteiger partial charge on any atom is -0.455 e. The van der Waals surface area contributed by atoms with Crippen LogP contribution in [0.3, 0.4) is 0 Å². The average molecular weight is 802 g/mol. The number of anilines is 2. The average Bonchev–Trinajstić information content (AvgIpc) is 3.71. The largest absolute Gasteiger partial charge is 0.455 e. The normalized spacial score (nSPS) is 16.6. The second-order valence-corrected chi connectivity index (χ2v) is 16.3. The highest BCUT2D eigenvalue weighted by Gasteiger charge is 2.28. The van der Waals surface area contributed by atoms with Crippen LogP contribution in [0.4, 0.5) is 17.1 Å². The number of piperazine rings is 1. The fourth-order valence-corrected chi connectivity index (χ4v) is 8.52. The lowest BCUT2D eigenvalue weighted by atomic mass is 9.99. The lowest BCUT2D eigenvalue weighted by Gasteiger charge is -2.42. The molecule has 298 valence electrons. The molecular formula is C43H43N7O7S. The van der Waals surface area contributed by atoms with Gasteiger partial charge in [0.15, 0.2) is 0 Å². The molecule has 2 aromatic heterocycles. The number of nitro groups is 1. The predicted octanol–water partition coefficient (Wildman–Crippen LogP) is 7.38. The molecule has 14 nitrogen and oxygen atoms in total. The number of aromatic amines is 1. The Morgan fingerprint density at radius 1 is 0.966 bits per heavy atom. The van der Waals surface area contributed by atoms with Crippen LogP contribution in [-0.2, 0) is 14.8 Å². The molecule has 1 unspecified atom stereocenters. The molecule has 15 heteroatoms. The van der Waals surface area contributed by atoms with E-state index in [2.05, 4.69) is 73.3 Å². The van der Waals surface area contributed by atoms with E-state index in [9.17, 15) is 23.3 Å². The number of carbonyl (C=O) groups excluding carboxylic acids is 1. The fourth-order valence-electron chi connectivity index (χ4n) is 7.53. The first-order valence-electron chi connectivity index (χ1n) is 19.1. The van der Waals surface area contributed by atoms with Crippen LogP contribution in [0.25, 0.3) is 22.2 Å². The number of hydrogen-bond acceptors (Lipinski definition) is 11. The Bertz CT molecular complexity index is 2540. The molecule has 4 aromatic carbocycles. The molecule has 0 saturated carbocycles. The van der Waals surface area contributed by atoms with Crippen LogP contribution in [0, 0.1) is 16.0 Å². The lowest BCUT2D eigenvalue weighted by Crippen LogP contribution is -2.46. The monoisotopic (exact) mass is 801 g/mol. The van der Waals surface area contributed by atoms with Crippen molar-refractivity contribution in [1.29, 1.82) is 0 Å². The van der Waals surface area contributed by atoms with Crippen molar-refractivity contribution in [2.24, 2.45) is 5.92 Å². The van der Waals surface area contributed by atoms with E-state index in [1.807, 2.05) is 24.3 Å². The van der Waals surface area contributed by atoms with E-state index < -0.39 is 31.4 Å². The van der Waals surface area contributed by atoms with Crippen molar-refractivity contribution < 1.29 is 27.6 Å². The predicted molar refractivity (Wildman–Crippen MR) is 222 cm³/mol. The number of pyridine rings is 1. The molecule has 0 bridgehead atoms. The molecule has 6 aromatic rings. The summed E-state index contributed by atoms with van der Waals surface area (Å²) in [7, 11) is -2.42. The van der Waals surface area contributed by atoms with Crippen molar-refractivity contribution in [1.82, 2.24) is 19.6 Å². The highest BCUT2D eigenvalue weighted by molar-refractivity contribution is 7.90. The number of nitrogens with zero attached hydrogens (tertiary/aromatic N) is 4. The molecule has 4 heterocycles. The van der Waals surface area contributed by atoms with Gasteiger partial charge in [-0.25, -0.2) is 18.1 Å². The summed E-state index contributed by atoms with van der Waals surface area (Å²) < 4.78 is 41.0. The molecule has 58 heavy (non-hydrogen) atoms. The van der Waals surface area contributed by atoms with E-state index in [4.69, 9.17) is 9.47 Å². The van der Waals surface area contributed by atoms with Gasteiger partial charge in [-0.15, -0.1) is 0 Å². The number of ether oxygens (including phenoxy) is 2. The second-order valence-electron chi connectivity index (χ2n) is 14.6. The van der Waals surface area contributed by atoms with E-state index in [-0.39, 0.29) is 29.0 Å². The summed E-state index contributed by atoms with van der Waals surface area (Å²) in [6.45, 7) is 4.42. The van der Waals surface area contributed by atoms with Crippen molar-refractivity contribution >= 4 is 44.0 Å². The minimum atomic E-state index is -4.56. The first-order valence-corrected chi connectivity index (χ1v) is 20.6. The number of nitrogens with one attached hydrogen (secondary N) is 3. The Kier molecular flexibility index (Phi) is 11.1. The van der Waals surface area contributed by atoms with Crippen LogP contribution in [0.5, 0.6) is 11.5 Å². The number of fused-ring (bicyclic) bond motifs is 1. The van der Waals surface area contributed by atoms with Crippen molar-refractivity contribution in [3.63, 3.8) is 0 Å². The third-order valence-corrected chi connectivity index (χ3v) is 12.1. The topological polar surface area (TPSA) is 172 Å². The number of nitro benzene ring substituents is 1. The number of benzene rings is 4. The van der Waals surface area contributed by atoms with Gasteiger partial charge in [0.2, 0.25) is 0 Å². The number of hydrogen-bond donors (Lipinski definition) is 3. The van der Waals surface area contributed by atoms with E-state index >= 15 is 0 Å². The van der Waals surface area contributed by atoms with Gasteiger partial charge in [-0.3, -0.25) is 14.9 Å². The van der Waals surface area contributed by atoms with Crippen LogP contribution in [0.2, 0.25) is 0 Å². The van der Waals surface area contributed by atoms with Gasteiger partial charge in [-0.2, -0.15) is 0 Å². The van der Waals surface area contributed by atoms with Gasteiger partial charge in [0.25, 0.3) is 21.6 Å². The minimum absolute atomic E-state index is 0.0644. The molecule has 1 atom stereocenters. The Morgan fingerprint density at radius 2 is 1.74 bits per heavy atom. The number of H-pyrrole nitrogens is 1. The maximum atomic E-state index is 13.9.